The molecule has 2 aromatic rings. The molecule has 1 unspecified atom stereocenters. The van der Waals surface area contributed by atoms with Crippen LogP contribution in [0, 0.1) is 6.92 Å². The van der Waals surface area contributed by atoms with Crippen molar-refractivity contribution >= 4 is 0 Å². The summed E-state index contributed by atoms with van der Waals surface area (Å²) in [6.07, 6.45) is 6.21. The Morgan fingerprint density at radius 2 is 1.45 bits per heavy atom. The highest BCUT2D eigenvalue weighted by atomic mass is 16.5. The summed E-state index contributed by atoms with van der Waals surface area (Å²) in [5, 5.41) is 0. The van der Waals surface area contributed by atoms with Gasteiger partial charge in [-0.05, 0) is 43.4 Å². The number of rotatable bonds is 1. The molecule has 1 nitrogen and oxygen atoms in total. The summed E-state index contributed by atoms with van der Waals surface area (Å²) in [7, 11) is 0. The van der Waals surface area contributed by atoms with Crippen LogP contribution in [-0.4, -0.2) is 0 Å². The summed E-state index contributed by atoms with van der Waals surface area (Å²) in [5.41, 5.74) is 4.98. The third-order valence-electron chi connectivity index (χ3n) is 5.60. The summed E-state index contributed by atoms with van der Waals surface area (Å²) in [6, 6.07) is 17.7. The van der Waals surface area contributed by atoms with E-state index >= 15 is 0 Å². The van der Waals surface area contributed by atoms with E-state index in [0.717, 1.165) is 12.8 Å². The van der Waals surface area contributed by atoms with Gasteiger partial charge in [-0.15, -0.1) is 0 Å². The first kappa shape index (κ1) is 14.0. The smallest absolute Gasteiger partial charge is 0.117 e. The molecule has 1 aliphatic heterocycles. The molecule has 2 aromatic carbocycles. The van der Waals surface area contributed by atoms with Crippen molar-refractivity contribution in [3.05, 3.63) is 70.8 Å². The zero-order chi connectivity index (χ0) is 15.2. The predicted octanol–water partition coefficient (Wildman–Crippen LogP) is 5.45. The van der Waals surface area contributed by atoms with Gasteiger partial charge >= 0.3 is 0 Å². The minimum absolute atomic E-state index is 0.0610. The SMILES string of the molecule is Cc1ccc(C2(C)OC3(CCCCC3)c3ccccc32)cc1. The Bertz CT molecular complexity index is 679. The topological polar surface area (TPSA) is 9.23 Å². The molecule has 1 saturated carbocycles. The maximum atomic E-state index is 6.87. The Morgan fingerprint density at radius 1 is 0.818 bits per heavy atom. The second-order valence-corrected chi connectivity index (χ2v) is 7.10. The van der Waals surface area contributed by atoms with Gasteiger partial charge in [0, 0.05) is 0 Å². The number of hydrogen-bond acceptors (Lipinski definition) is 1. The minimum atomic E-state index is -0.318. The number of aryl methyl sites for hydroxylation is 1. The van der Waals surface area contributed by atoms with Crippen LogP contribution in [0.1, 0.15) is 61.3 Å². The van der Waals surface area contributed by atoms with E-state index in [1.165, 1.54) is 41.5 Å². The molecular formula is C21H24O. The first-order valence-electron chi connectivity index (χ1n) is 8.51. The van der Waals surface area contributed by atoms with E-state index in [9.17, 15) is 0 Å². The van der Waals surface area contributed by atoms with Crippen molar-refractivity contribution in [3.63, 3.8) is 0 Å². The Balaban J connectivity index is 1.86. The van der Waals surface area contributed by atoms with Crippen molar-refractivity contribution in [2.24, 2.45) is 0 Å². The van der Waals surface area contributed by atoms with E-state index in [0.29, 0.717) is 0 Å². The van der Waals surface area contributed by atoms with Gasteiger partial charge in [-0.1, -0.05) is 73.4 Å². The van der Waals surface area contributed by atoms with Crippen molar-refractivity contribution < 1.29 is 4.74 Å². The maximum Gasteiger partial charge on any atom is 0.117 e. The molecule has 0 radical (unpaired) electrons. The van der Waals surface area contributed by atoms with Crippen LogP contribution < -0.4 is 0 Å². The number of fused-ring (bicyclic) bond motifs is 2. The molecule has 0 N–H and O–H groups in total. The monoisotopic (exact) mass is 292 g/mol. The zero-order valence-electron chi connectivity index (χ0n) is 13.6. The van der Waals surface area contributed by atoms with Crippen LogP contribution in [-0.2, 0) is 15.9 Å². The third-order valence-corrected chi connectivity index (χ3v) is 5.60. The highest BCUT2D eigenvalue weighted by Crippen LogP contribution is 2.55. The van der Waals surface area contributed by atoms with Gasteiger partial charge in [0.25, 0.3) is 0 Å². The highest BCUT2D eigenvalue weighted by Gasteiger charge is 2.51. The molecule has 2 aliphatic rings. The van der Waals surface area contributed by atoms with Gasteiger partial charge in [0.2, 0.25) is 0 Å². The van der Waals surface area contributed by atoms with E-state index in [-0.39, 0.29) is 11.2 Å². The number of hydrogen-bond donors (Lipinski definition) is 0. The van der Waals surface area contributed by atoms with Gasteiger partial charge in [-0.3, -0.25) is 0 Å². The fourth-order valence-corrected chi connectivity index (χ4v) is 4.38. The van der Waals surface area contributed by atoms with Crippen LogP contribution in [0.15, 0.2) is 48.5 Å². The van der Waals surface area contributed by atoms with Crippen LogP contribution in [0.2, 0.25) is 0 Å². The van der Waals surface area contributed by atoms with Crippen molar-refractivity contribution in [2.45, 2.75) is 57.2 Å². The molecule has 0 aromatic heterocycles. The molecule has 1 heteroatoms. The summed E-state index contributed by atoms with van der Waals surface area (Å²) in [6.45, 7) is 4.39. The first-order valence-corrected chi connectivity index (χ1v) is 8.51. The Hall–Kier alpha value is -1.60. The van der Waals surface area contributed by atoms with Crippen molar-refractivity contribution in [3.8, 4) is 0 Å². The molecule has 1 atom stereocenters. The lowest BCUT2D eigenvalue weighted by Crippen LogP contribution is -2.33. The van der Waals surface area contributed by atoms with Gasteiger partial charge in [0.1, 0.15) is 5.60 Å². The molecule has 0 bridgehead atoms. The average molecular weight is 292 g/mol. The fourth-order valence-electron chi connectivity index (χ4n) is 4.38. The standard InChI is InChI=1S/C21H24O/c1-16-10-12-17(13-11-16)20(2)18-8-4-5-9-19(18)21(22-20)14-6-3-7-15-21/h4-5,8-13H,3,6-7,14-15H2,1-2H3. The predicted molar refractivity (Wildman–Crippen MR) is 89.9 cm³/mol. The lowest BCUT2D eigenvalue weighted by molar-refractivity contribution is -0.131. The van der Waals surface area contributed by atoms with Crippen molar-refractivity contribution in [1.29, 1.82) is 0 Å². The second-order valence-electron chi connectivity index (χ2n) is 7.10. The van der Waals surface area contributed by atoms with Gasteiger partial charge in [0.15, 0.2) is 0 Å². The van der Waals surface area contributed by atoms with Gasteiger partial charge in [-0.25, -0.2) is 0 Å². The normalized spacial score (nSPS) is 26.1. The van der Waals surface area contributed by atoms with Crippen LogP contribution in [0.4, 0.5) is 0 Å². The molecule has 1 aliphatic carbocycles. The van der Waals surface area contributed by atoms with Gasteiger partial charge < -0.3 is 4.74 Å². The Kier molecular flexibility index (Phi) is 3.16. The summed E-state index contributed by atoms with van der Waals surface area (Å²) >= 11 is 0. The molecule has 22 heavy (non-hydrogen) atoms. The zero-order valence-corrected chi connectivity index (χ0v) is 13.6. The quantitative estimate of drug-likeness (QED) is 0.679. The van der Waals surface area contributed by atoms with Gasteiger partial charge in [-0.2, -0.15) is 0 Å². The van der Waals surface area contributed by atoms with Crippen molar-refractivity contribution in [1.82, 2.24) is 0 Å². The highest BCUT2D eigenvalue weighted by molar-refractivity contribution is 5.48. The average Bonchev–Trinajstić information content (AvgIpc) is 2.79. The number of ether oxygens (including phenoxy) is 1. The lowest BCUT2D eigenvalue weighted by atomic mass is 9.78. The van der Waals surface area contributed by atoms with Crippen LogP contribution >= 0.6 is 0 Å². The fraction of sp³-hybridized carbons (Fsp3) is 0.429. The Morgan fingerprint density at radius 3 is 2.14 bits per heavy atom. The van der Waals surface area contributed by atoms with Crippen LogP contribution in [0.3, 0.4) is 0 Å². The second kappa shape index (κ2) is 4.96. The molecule has 1 heterocycles. The first-order chi connectivity index (χ1) is 10.6. The molecular weight excluding hydrogens is 268 g/mol. The Labute approximate surface area is 133 Å². The van der Waals surface area contributed by atoms with Crippen LogP contribution in [0.25, 0.3) is 0 Å². The van der Waals surface area contributed by atoms with Crippen LogP contribution in [0.5, 0.6) is 0 Å². The minimum Gasteiger partial charge on any atom is -0.355 e. The van der Waals surface area contributed by atoms with E-state index in [1.807, 2.05) is 0 Å². The molecule has 4 rings (SSSR count). The molecule has 114 valence electrons. The van der Waals surface area contributed by atoms with E-state index < -0.39 is 0 Å². The summed E-state index contributed by atoms with van der Waals surface area (Å²) in [5.74, 6) is 0. The van der Waals surface area contributed by atoms with Gasteiger partial charge in [0.05, 0.1) is 5.60 Å². The summed E-state index contributed by atoms with van der Waals surface area (Å²) < 4.78 is 6.87. The largest absolute Gasteiger partial charge is 0.355 e. The number of benzene rings is 2. The lowest BCUT2D eigenvalue weighted by Gasteiger charge is -2.37. The van der Waals surface area contributed by atoms with E-state index in [1.54, 1.807) is 0 Å². The summed E-state index contributed by atoms with van der Waals surface area (Å²) in [4.78, 5) is 0. The molecule has 0 amide bonds. The molecule has 1 fully saturated rings. The van der Waals surface area contributed by atoms with E-state index in [2.05, 4.69) is 62.4 Å². The van der Waals surface area contributed by atoms with Crippen molar-refractivity contribution in [2.75, 3.05) is 0 Å². The molecule has 0 saturated heterocycles. The third kappa shape index (κ3) is 1.95. The maximum absolute atomic E-state index is 6.87. The van der Waals surface area contributed by atoms with E-state index in [4.69, 9.17) is 4.74 Å². The molecule has 1 spiro atoms.